The number of hydrogen-bond acceptors (Lipinski definition) is 8. The van der Waals surface area contributed by atoms with Crippen LogP contribution < -0.4 is 4.90 Å². The van der Waals surface area contributed by atoms with Crippen LogP contribution >= 0.6 is 0 Å². The first-order valence-corrected chi connectivity index (χ1v) is 8.11. The summed E-state index contributed by atoms with van der Waals surface area (Å²) in [6.45, 7) is 3.82. The van der Waals surface area contributed by atoms with Gasteiger partial charge in [-0.1, -0.05) is 0 Å². The number of likely N-dealkylation sites (N-methyl/N-ethyl adjacent to an activating group) is 1. The maximum absolute atomic E-state index is 4.84. The number of nitrogens with zero attached hydrogens (tertiary/aromatic N) is 9. The zero-order valence-corrected chi connectivity index (χ0v) is 13.7. The van der Waals surface area contributed by atoms with Gasteiger partial charge < -0.3 is 9.80 Å². The van der Waals surface area contributed by atoms with Gasteiger partial charge in [-0.15, -0.1) is 5.10 Å². The molecule has 0 saturated carbocycles. The van der Waals surface area contributed by atoms with Gasteiger partial charge in [-0.3, -0.25) is 5.10 Å². The van der Waals surface area contributed by atoms with Crippen molar-refractivity contribution in [3.63, 3.8) is 0 Å². The van der Waals surface area contributed by atoms with Crippen LogP contribution in [0.25, 0.3) is 28.1 Å². The van der Waals surface area contributed by atoms with Crippen molar-refractivity contribution in [2.75, 3.05) is 38.1 Å². The molecular weight excluding hydrogens is 320 g/mol. The van der Waals surface area contributed by atoms with Crippen LogP contribution in [-0.2, 0) is 0 Å². The first-order chi connectivity index (χ1) is 12.3. The van der Waals surface area contributed by atoms with Gasteiger partial charge in [0.15, 0.2) is 11.6 Å². The molecule has 0 aliphatic carbocycles. The second kappa shape index (κ2) is 5.45. The fraction of sp³-hybridized carbons (Fsp3) is 0.333. The highest BCUT2D eigenvalue weighted by Gasteiger charge is 2.21. The molecule has 0 spiro atoms. The average molecular weight is 336 g/mol. The molecule has 0 radical (unpaired) electrons. The average Bonchev–Trinajstić information content (AvgIpc) is 3.33. The van der Waals surface area contributed by atoms with Gasteiger partial charge >= 0.3 is 0 Å². The maximum atomic E-state index is 4.84. The van der Waals surface area contributed by atoms with E-state index in [4.69, 9.17) is 4.98 Å². The summed E-state index contributed by atoms with van der Waals surface area (Å²) in [5.74, 6) is 1.53. The molecule has 1 fully saturated rings. The number of tetrazole rings is 1. The summed E-state index contributed by atoms with van der Waals surface area (Å²) < 4.78 is 1.75. The number of piperazine rings is 1. The first-order valence-electron chi connectivity index (χ1n) is 8.11. The van der Waals surface area contributed by atoms with E-state index in [-0.39, 0.29) is 0 Å². The molecule has 1 N–H and O–H groups in total. The normalized spacial score (nSPS) is 16.1. The molecule has 25 heavy (non-hydrogen) atoms. The summed E-state index contributed by atoms with van der Waals surface area (Å²) in [6.07, 6.45) is 1.49. The number of H-pyrrole nitrogens is 1. The third-order valence-corrected chi connectivity index (χ3v) is 4.59. The van der Waals surface area contributed by atoms with Crippen molar-refractivity contribution in [1.82, 2.24) is 45.1 Å². The number of benzene rings is 1. The van der Waals surface area contributed by atoms with Gasteiger partial charge in [0.2, 0.25) is 5.65 Å². The third kappa shape index (κ3) is 2.30. The molecule has 3 aromatic heterocycles. The lowest BCUT2D eigenvalue weighted by Crippen LogP contribution is -2.45. The minimum Gasteiger partial charge on any atom is -0.351 e. The first kappa shape index (κ1) is 14.2. The summed E-state index contributed by atoms with van der Waals surface area (Å²) in [6, 6.07) is 5.91. The molecule has 1 aliphatic heterocycles. The van der Waals surface area contributed by atoms with Crippen LogP contribution in [0.15, 0.2) is 24.5 Å². The molecule has 0 amide bonds. The fourth-order valence-corrected chi connectivity index (χ4v) is 3.16. The van der Waals surface area contributed by atoms with Crippen LogP contribution in [0.4, 0.5) is 5.82 Å². The van der Waals surface area contributed by atoms with E-state index in [1.165, 1.54) is 6.33 Å². The van der Waals surface area contributed by atoms with Crippen LogP contribution in [0.5, 0.6) is 0 Å². The van der Waals surface area contributed by atoms with E-state index in [1.807, 2.05) is 18.2 Å². The van der Waals surface area contributed by atoms with Crippen LogP contribution in [-0.4, -0.2) is 78.3 Å². The molecule has 1 aromatic carbocycles. The second-order valence-electron chi connectivity index (χ2n) is 6.18. The zero-order chi connectivity index (χ0) is 16.8. The van der Waals surface area contributed by atoms with Crippen molar-refractivity contribution >= 4 is 22.5 Å². The number of aromatic nitrogens is 8. The summed E-state index contributed by atoms with van der Waals surface area (Å²) >= 11 is 0. The predicted molar refractivity (Wildman–Crippen MR) is 91.2 cm³/mol. The number of rotatable bonds is 2. The topological polar surface area (TPSA) is 104 Å². The zero-order valence-electron chi connectivity index (χ0n) is 13.7. The van der Waals surface area contributed by atoms with E-state index in [1.54, 1.807) is 4.52 Å². The minimum atomic E-state index is 0.673. The standard InChI is InChI=1S/C15H16N10/c1-23-4-6-24(7-5-23)14-15-20-21-22-25(15)12-8-10(2-3-11(12)18-14)13-16-9-17-19-13/h2-3,8-9H,4-7H2,1H3,(H,16,17,19). The Labute approximate surface area is 142 Å². The molecule has 0 atom stereocenters. The Bertz CT molecular complexity index is 1030. The van der Waals surface area contributed by atoms with Crippen molar-refractivity contribution in [1.29, 1.82) is 0 Å². The van der Waals surface area contributed by atoms with Gasteiger partial charge in [0.05, 0.1) is 11.0 Å². The second-order valence-corrected chi connectivity index (χ2v) is 6.18. The van der Waals surface area contributed by atoms with E-state index in [2.05, 4.69) is 47.6 Å². The minimum absolute atomic E-state index is 0.673. The highest BCUT2D eigenvalue weighted by molar-refractivity contribution is 5.85. The molecular formula is C15H16N10. The van der Waals surface area contributed by atoms with E-state index in [9.17, 15) is 0 Å². The van der Waals surface area contributed by atoms with Crippen LogP contribution in [0.3, 0.4) is 0 Å². The number of nitrogens with one attached hydrogen (secondary N) is 1. The molecule has 10 nitrogen and oxygen atoms in total. The third-order valence-electron chi connectivity index (χ3n) is 4.59. The Morgan fingerprint density at radius 1 is 1.12 bits per heavy atom. The number of anilines is 1. The lowest BCUT2D eigenvalue weighted by Gasteiger charge is -2.33. The number of hydrogen-bond donors (Lipinski definition) is 1. The molecule has 0 bridgehead atoms. The van der Waals surface area contributed by atoms with Crippen LogP contribution in [0.2, 0.25) is 0 Å². The molecule has 1 aliphatic rings. The van der Waals surface area contributed by atoms with Crippen molar-refractivity contribution in [3.05, 3.63) is 24.5 Å². The van der Waals surface area contributed by atoms with E-state index < -0.39 is 0 Å². The van der Waals surface area contributed by atoms with E-state index in [0.29, 0.717) is 11.5 Å². The van der Waals surface area contributed by atoms with Gasteiger partial charge in [0.25, 0.3) is 0 Å². The predicted octanol–water partition coefficient (Wildman–Crippen LogP) is 0.209. The highest BCUT2D eigenvalue weighted by Crippen LogP contribution is 2.26. The summed E-state index contributed by atoms with van der Waals surface area (Å²) in [7, 11) is 2.13. The largest absolute Gasteiger partial charge is 0.351 e. The van der Waals surface area contributed by atoms with Crippen molar-refractivity contribution in [2.45, 2.75) is 0 Å². The smallest absolute Gasteiger partial charge is 0.222 e. The lowest BCUT2D eigenvalue weighted by molar-refractivity contribution is 0.312. The van der Waals surface area contributed by atoms with E-state index in [0.717, 1.165) is 48.6 Å². The lowest BCUT2D eigenvalue weighted by atomic mass is 10.2. The monoisotopic (exact) mass is 336 g/mol. The Morgan fingerprint density at radius 3 is 2.80 bits per heavy atom. The van der Waals surface area contributed by atoms with Crippen LogP contribution in [0.1, 0.15) is 0 Å². The van der Waals surface area contributed by atoms with Crippen molar-refractivity contribution in [2.24, 2.45) is 0 Å². The van der Waals surface area contributed by atoms with Gasteiger partial charge in [-0.05, 0) is 35.7 Å². The summed E-state index contributed by atoms with van der Waals surface area (Å²) in [4.78, 5) is 13.6. The molecule has 5 rings (SSSR count). The fourth-order valence-electron chi connectivity index (χ4n) is 3.16. The maximum Gasteiger partial charge on any atom is 0.222 e. The van der Waals surface area contributed by atoms with E-state index >= 15 is 0 Å². The molecule has 1 saturated heterocycles. The number of aromatic amines is 1. The SMILES string of the molecule is CN1CCN(c2nc3ccc(-c4ncn[nH]4)cc3n3nnnc23)CC1. The molecule has 4 heterocycles. The van der Waals surface area contributed by atoms with Gasteiger partial charge in [-0.2, -0.15) is 9.61 Å². The Kier molecular flexibility index (Phi) is 3.10. The summed E-state index contributed by atoms with van der Waals surface area (Å²) in [5.41, 5.74) is 3.27. The van der Waals surface area contributed by atoms with Crippen molar-refractivity contribution in [3.8, 4) is 11.4 Å². The van der Waals surface area contributed by atoms with Gasteiger partial charge in [0.1, 0.15) is 6.33 Å². The molecule has 126 valence electrons. The Morgan fingerprint density at radius 2 is 2.00 bits per heavy atom. The summed E-state index contributed by atoms with van der Waals surface area (Å²) in [5, 5.41) is 19.0. The van der Waals surface area contributed by atoms with Gasteiger partial charge in [-0.25, -0.2) is 9.97 Å². The quantitative estimate of drug-likeness (QED) is 0.554. The number of fused-ring (bicyclic) bond motifs is 3. The van der Waals surface area contributed by atoms with Gasteiger partial charge in [0, 0.05) is 31.7 Å². The Hall–Kier alpha value is -3.14. The van der Waals surface area contributed by atoms with Crippen molar-refractivity contribution < 1.29 is 0 Å². The Balaban J connectivity index is 1.67. The van der Waals surface area contributed by atoms with Crippen LogP contribution in [0, 0.1) is 0 Å². The highest BCUT2D eigenvalue weighted by atomic mass is 15.5. The molecule has 10 heteroatoms. The molecule has 4 aromatic rings. The molecule has 0 unspecified atom stereocenters.